The van der Waals surface area contributed by atoms with Crippen LogP contribution in [0.3, 0.4) is 0 Å². The minimum Gasteiger partial charge on any atom is -0.478 e. The summed E-state index contributed by atoms with van der Waals surface area (Å²) in [4.78, 5) is 19.1. The molecule has 0 aromatic rings. The van der Waals surface area contributed by atoms with Gasteiger partial charge in [-0.3, -0.25) is 0 Å². The molecule has 8 heavy (non-hydrogen) atoms. The molecule has 0 spiro atoms. The summed E-state index contributed by atoms with van der Waals surface area (Å²) < 4.78 is 0. The van der Waals surface area contributed by atoms with Gasteiger partial charge in [0.15, 0.2) is 0 Å². The number of carboxylic acid groups (broad SMARTS) is 2. The van der Waals surface area contributed by atoms with E-state index in [4.69, 9.17) is 10.2 Å². The number of rotatable bonds is 2. The molecular weight excluding hydrogens is 114 g/mol. The lowest BCUT2D eigenvalue weighted by molar-refractivity contribution is -0.134. The standard InChI is InChI=1S/C4H4O4/c5-3(6)1-2-4(7)8/h1-2H,(H,5,6)(H,7,8)/b2-1-/i1+2. The minimum atomic E-state index is -1.26. The second-order valence-corrected chi connectivity index (χ2v) is 1.01. The summed E-state index contributed by atoms with van der Waals surface area (Å²) in [6.45, 7) is 0. The first-order valence-electron chi connectivity index (χ1n) is 1.77. The zero-order valence-electron chi connectivity index (χ0n) is 3.87. The van der Waals surface area contributed by atoms with Gasteiger partial charge in [-0.05, 0) is 0 Å². The van der Waals surface area contributed by atoms with Gasteiger partial charge in [0.25, 0.3) is 0 Å². The molecule has 0 unspecified atom stereocenters. The van der Waals surface area contributed by atoms with Gasteiger partial charge in [-0.2, -0.15) is 0 Å². The van der Waals surface area contributed by atoms with Gasteiger partial charge >= 0.3 is 11.9 Å². The topological polar surface area (TPSA) is 74.6 Å². The molecule has 0 radical (unpaired) electrons. The Bertz CT molecular complexity index is 119. The third-order valence-corrected chi connectivity index (χ3v) is 0.368. The highest BCUT2D eigenvalue weighted by Gasteiger charge is 1.88. The van der Waals surface area contributed by atoms with Crippen LogP contribution < -0.4 is 0 Å². The van der Waals surface area contributed by atoms with Crippen LogP contribution in [0, 0.1) is 0 Å². The summed E-state index contributed by atoms with van der Waals surface area (Å²) in [7, 11) is 0. The molecule has 0 aliphatic heterocycles. The lowest BCUT2D eigenvalue weighted by Gasteiger charge is -1.74. The highest BCUT2D eigenvalue weighted by molar-refractivity contribution is 5.89. The first-order chi connectivity index (χ1) is 3.63. The van der Waals surface area contributed by atoms with Crippen molar-refractivity contribution in [2.24, 2.45) is 0 Å². The minimum absolute atomic E-state index is 0.558. The quantitative estimate of drug-likeness (QED) is 0.488. The van der Waals surface area contributed by atoms with E-state index in [1.807, 2.05) is 0 Å². The molecule has 0 amide bonds. The maximum absolute atomic E-state index is 9.55. The van der Waals surface area contributed by atoms with Crippen LogP contribution in [0.2, 0.25) is 0 Å². The molecule has 0 aromatic carbocycles. The van der Waals surface area contributed by atoms with E-state index in [2.05, 4.69) is 0 Å². The fourth-order valence-corrected chi connectivity index (χ4v) is 0.143. The molecule has 4 heteroatoms. The van der Waals surface area contributed by atoms with Crippen molar-refractivity contribution in [1.82, 2.24) is 0 Å². The zero-order valence-corrected chi connectivity index (χ0v) is 3.87. The lowest BCUT2D eigenvalue weighted by Crippen LogP contribution is -1.91. The lowest BCUT2D eigenvalue weighted by atomic mass is 10.8. The average molecular weight is 118 g/mol. The summed E-state index contributed by atoms with van der Waals surface area (Å²) in [5.74, 6) is -2.51. The fraction of sp³-hybridized carbons (Fsp3) is 0. The monoisotopic (exact) mass is 118 g/mol. The van der Waals surface area contributed by atoms with Crippen molar-refractivity contribution in [2.45, 2.75) is 0 Å². The number of aliphatic carboxylic acids is 2. The summed E-state index contributed by atoms with van der Waals surface area (Å²) >= 11 is 0. The van der Waals surface area contributed by atoms with E-state index in [1.165, 1.54) is 0 Å². The zero-order chi connectivity index (χ0) is 6.57. The van der Waals surface area contributed by atoms with Crippen molar-refractivity contribution in [3.63, 3.8) is 0 Å². The Kier molecular flexibility index (Phi) is 2.33. The van der Waals surface area contributed by atoms with E-state index < -0.39 is 11.9 Å². The van der Waals surface area contributed by atoms with Crippen LogP contribution in [0.25, 0.3) is 0 Å². The van der Waals surface area contributed by atoms with Gasteiger partial charge in [-0.15, -0.1) is 0 Å². The van der Waals surface area contributed by atoms with Crippen LogP contribution in [0.1, 0.15) is 0 Å². The Hall–Kier alpha value is -1.32. The Labute approximate surface area is 45.1 Å². The molecule has 0 saturated carbocycles. The summed E-state index contributed by atoms with van der Waals surface area (Å²) in [5, 5.41) is 15.6. The molecule has 0 fully saturated rings. The maximum atomic E-state index is 9.55. The number of hydrogen-bond acceptors (Lipinski definition) is 2. The summed E-state index contributed by atoms with van der Waals surface area (Å²) in [6.07, 6.45) is 1.12. The predicted molar refractivity (Wildman–Crippen MR) is 24.4 cm³/mol. The van der Waals surface area contributed by atoms with E-state index in [0.717, 1.165) is 0 Å². The van der Waals surface area contributed by atoms with Gasteiger partial charge in [0, 0.05) is 12.2 Å². The highest BCUT2D eigenvalue weighted by atomic mass is 16.4. The van der Waals surface area contributed by atoms with E-state index in [-0.39, 0.29) is 0 Å². The van der Waals surface area contributed by atoms with Gasteiger partial charge in [0.1, 0.15) is 0 Å². The van der Waals surface area contributed by atoms with Crippen molar-refractivity contribution in [3.05, 3.63) is 12.2 Å². The van der Waals surface area contributed by atoms with E-state index in [9.17, 15) is 9.59 Å². The molecule has 0 saturated heterocycles. The van der Waals surface area contributed by atoms with Crippen molar-refractivity contribution in [2.75, 3.05) is 0 Å². The van der Waals surface area contributed by atoms with Crippen molar-refractivity contribution in [1.29, 1.82) is 0 Å². The molecule has 0 aliphatic rings. The number of hydrogen-bond donors (Lipinski definition) is 2. The highest BCUT2D eigenvalue weighted by Crippen LogP contribution is 1.70. The summed E-state index contributed by atoms with van der Waals surface area (Å²) in [6, 6.07) is 0. The van der Waals surface area contributed by atoms with Crippen LogP contribution in [0.15, 0.2) is 12.2 Å². The van der Waals surface area contributed by atoms with Gasteiger partial charge in [-0.25, -0.2) is 9.59 Å². The average Bonchev–Trinajstić information content (AvgIpc) is 1.61. The van der Waals surface area contributed by atoms with Crippen molar-refractivity contribution >= 4 is 11.9 Å². The second kappa shape index (κ2) is 2.79. The molecule has 0 atom stereocenters. The normalized spacial score (nSPS) is 9.50. The van der Waals surface area contributed by atoms with Gasteiger partial charge < -0.3 is 10.2 Å². The van der Waals surface area contributed by atoms with Gasteiger partial charge in [0.2, 0.25) is 0 Å². The van der Waals surface area contributed by atoms with Crippen molar-refractivity contribution < 1.29 is 19.8 Å². The predicted octanol–water partition coefficient (Wildman–Crippen LogP) is -0.288. The smallest absolute Gasteiger partial charge is 0.328 e. The molecule has 0 aliphatic carbocycles. The molecule has 44 valence electrons. The molecular formula is C4H4O4. The van der Waals surface area contributed by atoms with E-state index >= 15 is 0 Å². The van der Waals surface area contributed by atoms with Crippen LogP contribution in [-0.4, -0.2) is 22.2 Å². The Morgan fingerprint density at radius 3 is 2.00 bits per heavy atom. The molecule has 4 nitrogen and oxygen atoms in total. The second-order valence-electron chi connectivity index (χ2n) is 1.01. The Balaban J connectivity index is 3.67. The van der Waals surface area contributed by atoms with Crippen LogP contribution in [-0.2, 0) is 9.59 Å². The molecule has 0 rings (SSSR count). The molecule has 0 heterocycles. The van der Waals surface area contributed by atoms with Gasteiger partial charge in [-0.1, -0.05) is 0 Å². The van der Waals surface area contributed by atoms with Crippen LogP contribution in [0.4, 0.5) is 0 Å². The third kappa shape index (κ3) is 4.68. The first kappa shape index (κ1) is 6.68. The van der Waals surface area contributed by atoms with Crippen LogP contribution >= 0.6 is 0 Å². The SMILES string of the molecule is O=C(O)/C=[14CH]\C(=O)O. The maximum Gasteiger partial charge on any atom is 0.328 e. The number of carboxylic acids is 2. The Morgan fingerprint density at radius 2 is 1.88 bits per heavy atom. The van der Waals surface area contributed by atoms with Gasteiger partial charge in [0.05, 0.1) is 0 Å². The third-order valence-electron chi connectivity index (χ3n) is 0.368. The Morgan fingerprint density at radius 1 is 1.38 bits per heavy atom. The van der Waals surface area contributed by atoms with Crippen molar-refractivity contribution in [3.8, 4) is 0 Å². The van der Waals surface area contributed by atoms with E-state index in [1.54, 1.807) is 0 Å². The molecule has 0 bridgehead atoms. The molecule has 0 aromatic heterocycles. The largest absolute Gasteiger partial charge is 0.478 e. The van der Waals surface area contributed by atoms with E-state index in [0.29, 0.717) is 12.2 Å². The van der Waals surface area contributed by atoms with Crippen LogP contribution in [0.5, 0.6) is 0 Å². The molecule has 2 N–H and O–H groups in total. The number of carbonyl (C=O) groups is 2. The summed E-state index contributed by atoms with van der Waals surface area (Å²) in [5.41, 5.74) is 0. The fourth-order valence-electron chi connectivity index (χ4n) is 0.143. The first-order valence-corrected chi connectivity index (χ1v) is 1.77.